The molecule has 0 unspecified atom stereocenters. The van der Waals surface area contributed by atoms with E-state index in [1.165, 1.54) is 9.75 Å². The van der Waals surface area contributed by atoms with Crippen LogP contribution in [-0.4, -0.2) is 14.8 Å². The van der Waals surface area contributed by atoms with Crippen molar-refractivity contribution < 1.29 is 0 Å². The van der Waals surface area contributed by atoms with Crippen molar-refractivity contribution in [2.45, 2.75) is 19.9 Å². The summed E-state index contributed by atoms with van der Waals surface area (Å²) in [4.78, 5) is 2.70. The van der Waals surface area contributed by atoms with Crippen LogP contribution in [0.2, 0.25) is 0 Å². The Labute approximate surface area is 126 Å². The zero-order valence-corrected chi connectivity index (χ0v) is 12.8. The molecule has 0 aliphatic heterocycles. The first-order chi connectivity index (χ1) is 9.78. The molecule has 0 atom stereocenters. The average Bonchev–Trinajstić information content (AvgIpc) is 3.08. The van der Waals surface area contributed by atoms with Gasteiger partial charge < -0.3 is 0 Å². The lowest BCUT2D eigenvalue weighted by Gasteiger charge is -2.05. The molecular weight excluding hydrogens is 286 g/mol. The molecule has 0 saturated heterocycles. The van der Waals surface area contributed by atoms with Crippen LogP contribution in [0, 0.1) is 4.77 Å². The summed E-state index contributed by atoms with van der Waals surface area (Å²) >= 11 is 7.19. The Hall–Kier alpha value is -1.72. The van der Waals surface area contributed by atoms with E-state index in [2.05, 4.69) is 33.8 Å². The summed E-state index contributed by atoms with van der Waals surface area (Å²) in [7, 11) is 0. The average molecular weight is 301 g/mol. The largest absolute Gasteiger partial charge is 0.295 e. The fraction of sp³-hybridized carbons (Fsp3) is 0.200. The first-order valence-electron chi connectivity index (χ1n) is 6.56. The third-order valence-electron chi connectivity index (χ3n) is 3.17. The van der Waals surface area contributed by atoms with E-state index in [1.807, 2.05) is 41.7 Å². The summed E-state index contributed by atoms with van der Waals surface area (Å²) in [5.74, 6) is 0.891. The summed E-state index contributed by atoms with van der Waals surface area (Å²) < 4.78 is 2.71. The van der Waals surface area contributed by atoms with Gasteiger partial charge in [0.2, 0.25) is 0 Å². The van der Waals surface area contributed by atoms with E-state index in [0.717, 1.165) is 24.4 Å². The zero-order valence-electron chi connectivity index (χ0n) is 11.2. The first kappa shape index (κ1) is 13.3. The molecule has 3 aromatic rings. The molecule has 0 bridgehead atoms. The highest BCUT2D eigenvalue weighted by Gasteiger charge is 2.10. The number of rotatable bonds is 4. The van der Waals surface area contributed by atoms with Gasteiger partial charge in [0.15, 0.2) is 10.6 Å². The van der Waals surface area contributed by atoms with E-state index in [9.17, 15) is 0 Å². The molecule has 2 aromatic heterocycles. The van der Waals surface area contributed by atoms with Crippen LogP contribution < -0.4 is 0 Å². The van der Waals surface area contributed by atoms with Crippen LogP contribution in [0.25, 0.3) is 11.4 Å². The molecule has 0 radical (unpaired) electrons. The molecule has 1 aromatic carbocycles. The maximum atomic E-state index is 5.36. The summed E-state index contributed by atoms with van der Waals surface area (Å²) in [5.41, 5.74) is 1.08. The van der Waals surface area contributed by atoms with Crippen LogP contribution >= 0.6 is 23.6 Å². The Morgan fingerprint density at radius 3 is 2.60 bits per heavy atom. The van der Waals surface area contributed by atoms with Crippen LogP contribution in [0.1, 0.15) is 16.7 Å². The van der Waals surface area contributed by atoms with Crippen LogP contribution in [0.5, 0.6) is 0 Å². The standard InChI is InChI=1S/C15H15N3S2/c1-2-12-8-9-13(20-12)10-18-14(16-17-15(18)19)11-6-4-3-5-7-11/h3-9H,2,10H2,1H3,(H,17,19). The summed E-state index contributed by atoms with van der Waals surface area (Å²) in [6.45, 7) is 2.94. The van der Waals surface area contributed by atoms with Crippen molar-refractivity contribution >= 4 is 23.6 Å². The highest BCUT2D eigenvalue weighted by atomic mass is 32.1. The quantitative estimate of drug-likeness (QED) is 0.730. The van der Waals surface area contributed by atoms with Gasteiger partial charge in [0.25, 0.3) is 0 Å². The lowest BCUT2D eigenvalue weighted by atomic mass is 10.2. The third-order valence-corrected chi connectivity index (χ3v) is 4.70. The van der Waals surface area contributed by atoms with Gasteiger partial charge in [-0.1, -0.05) is 37.3 Å². The monoisotopic (exact) mass is 301 g/mol. The number of aromatic amines is 1. The van der Waals surface area contributed by atoms with Crippen molar-refractivity contribution in [1.29, 1.82) is 0 Å². The van der Waals surface area contributed by atoms with Crippen molar-refractivity contribution in [3.8, 4) is 11.4 Å². The zero-order chi connectivity index (χ0) is 13.9. The van der Waals surface area contributed by atoms with Gasteiger partial charge in [0.1, 0.15) is 0 Å². The molecule has 20 heavy (non-hydrogen) atoms. The van der Waals surface area contributed by atoms with Crippen molar-refractivity contribution in [1.82, 2.24) is 14.8 Å². The number of hydrogen-bond donors (Lipinski definition) is 1. The van der Waals surface area contributed by atoms with E-state index < -0.39 is 0 Å². The number of H-pyrrole nitrogens is 1. The minimum Gasteiger partial charge on any atom is -0.295 e. The second-order valence-corrected chi connectivity index (χ2v) is 6.17. The van der Waals surface area contributed by atoms with E-state index in [1.54, 1.807) is 0 Å². The second-order valence-electron chi connectivity index (χ2n) is 4.53. The van der Waals surface area contributed by atoms with E-state index >= 15 is 0 Å². The summed E-state index contributed by atoms with van der Waals surface area (Å²) in [6.07, 6.45) is 1.08. The van der Waals surface area contributed by atoms with Crippen molar-refractivity contribution in [3.63, 3.8) is 0 Å². The van der Waals surface area contributed by atoms with Crippen LogP contribution in [-0.2, 0) is 13.0 Å². The summed E-state index contributed by atoms with van der Waals surface area (Å²) in [6, 6.07) is 14.5. The molecule has 0 saturated carbocycles. The predicted molar refractivity (Wildman–Crippen MR) is 85.6 cm³/mol. The fourth-order valence-corrected chi connectivity index (χ4v) is 3.27. The number of thiophene rings is 1. The van der Waals surface area contributed by atoms with Crippen molar-refractivity contribution in [3.05, 3.63) is 57.0 Å². The molecule has 3 nitrogen and oxygen atoms in total. The normalized spacial score (nSPS) is 10.8. The fourth-order valence-electron chi connectivity index (χ4n) is 2.13. The highest BCUT2D eigenvalue weighted by molar-refractivity contribution is 7.71. The maximum absolute atomic E-state index is 5.36. The molecule has 1 N–H and O–H groups in total. The van der Waals surface area contributed by atoms with Crippen molar-refractivity contribution in [2.24, 2.45) is 0 Å². The van der Waals surface area contributed by atoms with E-state index in [4.69, 9.17) is 12.2 Å². The first-order valence-corrected chi connectivity index (χ1v) is 7.78. The Balaban J connectivity index is 1.97. The Bertz CT molecular complexity index is 753. The Morgan fingerprint density at radius 2 is 1.90 bits per heavy atom. The molecule has 0 spiro atoms. The van der Waals surface area contributed by atoms with Gasteiger partial charge in [-0.25, -0.2) is 0 Å². The molecular formula is C15H15N3S2. The molecule has 2 heterocycles. The maximum Gasteiger partial charge on any atom is 0.195 e. The third kappa shape index (κ3) is 2.59. The molecule has 102 valence electrons. The Morgan fingerprint density at radius 1 is 1.15 bits per heavy atom. The van der Waals surface area contributed by atoms with Gasteiger partial charge in [0.05, 0.1) is 6.54 Å². The number of aromatic nitrogens is 3. The lowest BCUT2D eigenvalue weighted by Crippen LogP contribution is -2.00. The van der Waals surface area contributed by atoms with Gasteiger partial charge in [-0.15, -0.1) is 11.3 Å². The van der Waals surface area contributed by atoms with Gasteiger partial charge in [-0.2, -0.15) is 5.10 Å². The molecule has 0 fully saturated rings. The van der Waals surface area contributed by atoms with Crippen LogP contribution in [0.4, 0.5) is 0 Å². The number of nitrogens with one attached hydrogen (secondary N) is 1. The smallest absolute Gasteiger partial charge is 0.195 e. The SMILES string of the molecule is CCc1ccc(Cn2c(-c3ccccc3)n[nH]c2=S)s1. The second kappa shape index (κ2) is 5.73. The molecule has 0 amide bonds. The topological polar surface area (TPSA) is 33.6 Å². The molecule has 5 heteroatoms. The lowest BCUT2D eigenvalue weighted by molar-refractivity contribution is 0.802. The molecule has 0 aliphatic carbocycles. The minimum atomic E-state index is 0.662. The number of aryl methyl sites for hydroxylation is 1. The Kier molecular flexibility index (Phi) is 3.80. The molecule has 3 rings (SSSR count). The highest BCUT2D eigenvalue weighted by Crippen LogP contribution is 2.22. The summed E-state index contributed by atoms with van der Waals surface area (Å²) in [5, 5.41) is 7.26. The van der Waals surface area contributed by atoms with Gasteiger partial charge in [-0.05, 0) is 30.8 Å². The van der Waals surface area contributed by atoms with E-state index in [0.29, 0.717) is 4.77 Å². The molecule has 0 aliphatic rings. The predicted octanol–water partition coefficient (Wildman–Crippen LogP) is 4.28. The van der Waals surface area contributed by atoms with Gasteiger partial charge in [0, 0.05) is 15.3 Å². The minimum absolute atomic E-state index is 0.662. The number of nitrogens with zero attached hydrogens (tertiary/aromatic N) is 2. The van der Waals surface area contributed by atoms with Gasteiger partial charge in [-0.3, -0.25) is 9.67 Å². The van der Waals surface area contributed by atoms with E-state index in [-0.39, 0.29) is 0 Å². The number of benzene rings is 1. The van der Waals surface area contributed by atoms with Gasteiger partial charge >= 0.3 is 0 Å². The van der Waals surface area contributed by atoms with Crippen molar-refractivity contribution in [2.75, 3.05) is 0 Å². The number of hydrogen-bond acceptors (Lipinski definition) is 3. The van der Waals surface area contributed by atoms with Crippen LogP contribution in [0.15, 0.2) is 42.5 Å². The van der Waals surface area contributed by atoms with Crippen LogP contribution in [0.3, 0.4) is 0 Å².